The van der Waals surface area contributed by atoms with Gasteiger partial charge in [-0.15, -0.1) is 11.8 Å². The van der Waals surface area contributed by atoms with E-state index in [4.69, 9.17) is 9.47 Å². The predicted octanol–water partition coefficient (Wildman–Crippen LogP) is 2.93. The summed E-state index contributed by atoms with van der Waals surface area (Å²) in [6.45, 7) is 0. The first kappa shape index (κ1) is 12.5. The van der Waals surface area contributed by atoms with Gasteiger partial charge < -0.3 is 9.47 Å². The molecular formula is C11H15FO2S. The van der Waals surface area contributed by atoms with Crippen molar-refractivity contribution in [3.05, 3.63) is 30.1 Å². The molecular weight excluding hydrogens is 215 g/mol. The van der Waals surface area contributed by atoms with Gasteiger partial charge in [-0.2, -0.15) is 0 Å². The van der Waals surface area contributed by atoms with E-state index in [9.17, 15) is 4.39 Å². The maximum Gasteiger partial charge on any atom is 0.157 e. The van der Waals surface area contributed by atoms with E-state index in [1.807, 2.05) is 6.07 Å². The van der Waals surface area contributed by atoms with Crippen molar-refractivity contribution in [3.8, 4) is 0 Å². The molecule has 4 heteroatoms. The summed E-state index contributed by atoms with van der Waals surface area (Å²) >= 11 is 1.59. The summed E-state index contributed by atoms with van der Waals surface area (Å²) in [6, 6.07) is 6.57. The maximum atomic E-state index is 12.8. The van der Waals surface area contributed by atoms with E-state index in [1.165, 1.54) is 12.1 Å². The van der Waals surface area contributed by atoms with Crippen LogP contribution in [0, 0.1) is 5.82 Å². The molecule has 1 rings (SSSR count). The number of halogens is 1. The summed E-state index contributed by atoms with van der Waals surface area (Å²) in [4.78, 5) is 0.931. The fourth-order valence-corrected chi connectivity index (χ4v) is 2.08. The lowest BCUT2D eigenvalue weighted by molar-refractivity contribution is -0.102. The van der Waals surface area contributed by atoms with Crippen molar-refractivity contribution in [2.45, 2.75) is 17.6 Å². The van der Waals surface area contributed by atoms with E-state index in [-0.39, 0.29) is 12.1 Å². The zero-order valence-electron chi connectivity index (χ0n) is 8.90. The molecule has 1 aromatic rings. The van der Waals surface area contributed by atoms with Crippen LogP contribution >= 0.6 is 11.8 Å². The van der Waals surface area contributed by atoms with Gasteiger partial charge in [-0.3, -0.25) is 0 Å². The van der Waals surface area contributed by atoms with Crippen LogP contribution in [0.3, 0.4) is 0 Å². The van der Waals surface area contributed by atoms with Crippen LogP contribution in [0.5, 0.6) is 0 Å². The molecule has 0 saturated heterocycles. The maximum absolute atomic E-state index is 12.8. The van der Waals surface area contributed by atoms with Gasteiger partial charge >= 0.3 is 0 Å². The molecule has 0 radical (unpaired) electrons. The molecule has 0 aliphatic heterocycles. The van der Waals surface area contributed by atoms with E-state index in [0.717, 1.165) is 17.1 Å². The highest BCUT2D eigenvalue weighted by Crippen LogP contribution is 2.20. The first-order valence-electron chi connectivity index (χ1n) is 4.70. The highest BCUT2D eigenvalue weighted by atomic mass is 32.2. The monoisotopic (exact) mass is 230 g/mol. The third-order valence-electron chi connectivity index (χ3n) is 1.94. The van der Waals surface area contributed by atoms with Gasteiger partial charge in [-0.1, -0.05) is 6.07 Å². The molecule has 0 saturated carbocycles. The van der Waals surface area contributed by atoms with Crippen molar-refractivity contribution < 1.29 is 13.9 Å². The summed E-state index contributed by atoms with van der Waals surface area (Å²) in [5, 5.41) is 0. The first-order valence-corrected chi connectivity index (χ1v) is 5.68. The molecule has 0 heterocycles. The molecule has 0 aliphatic rings. The Hall–Kier alpha value is -0.580. The average molecular weight is 230 g/mol. The van der Waals surface area contributed by atoms with E-state index < -0.39 is 0 Å². The number of ether oxygens (including phenoxy) is 2. The molecule has 84 valence electrons. The fraction of sp³-hybridized carbons (Fsp3) is 0.455. The minimum absolute atomic E-state index is 0.175. The second-order valence-corrected chi connectivity index (χ2v) is 4.16. The molecule has 0 aliphatic carbocycles. The molecule has 0 amide bonds. The Morgan fingerprint density at radius 1 is 1.33 bits per heavy atom. The predicted molar refractivity (Wildman–Crippen MR) is 59.5 cm³/mol. The number of benzene rings is 1. The molecule has 0 aromatic heterocycles. The van der Waals surface area contributed by atoms with Gasteiger partial charge in [-0.25, -0.2) is 4.39 Å². The first-order chi connectivity index (χ1) is 7.26. The summed E-state index contributed by atoms with van der Waals surface area (Å²) in [5.74, 6) is 0.644. The highest BCUT2D eigenvalue weighted by molar-refractivity contribution is 7.99. The number of thioether (sulfide) groups is 1. The van der Waals surface area contributed by atoms with Gasteiger partial charge in [0.2, 0.25) is 0 Å². The molecule has 0 N–H and O–H groups in total. The van der Waals surface area contributed by atoms with Gasteiger partial charge in [0.15, 0.2) is 6.29 Å². The highest BCUT2D eigenvalue weighted by Gasteiger charge is 2.04. The quantitative estimate of drug-likeness (QED) is 0.553. The van der Waals surface area contributed by atoms with E-state index in [0.29, 0.717) is 0 Å². The van der Waals surface area contributed by atoms with Crippen molar-refractivity contribution in [1.82, 2.24) is 0 Å². The van der Waals surface area contributed by atoms with Crippen LogP contribution in [0.4, 0.5) is 4.39 Å². The Morgan fingerprint density at radius 3 is 2.67 bits per heavy atom. The Kier molecular flexibility index (Phi) is 5.68. The summed E-state index contributed by atoms with van der Waals surface area (Å²) in [7, 11) is 3.22. The van der Waals surface area contributed by atoms with Crippen LogP contribution in [0.15, 0.2) is 29.2 Å². The second-order valence-electron chi connectivity index (χ2n) is 3.00. The topological polar surface area (TPSA) is 18.5 Å². The third-order valence-corrected chi connectivity index (χ3v) is 2.97. The van der Waals surface area contributed by atoms with Crippen molar-refractivity contribution in [2.24, 2.45) is 0 Å². The minimum Gasteiger partial charge on any atom is -0.356 e. The van der Waals surface area contributed by atoms with Crippen LogP contribution in [-0.2, 0) is 9.47 Å². The van der Waals surface area contributed by atoms with Crippen molar-refractivity contribution in [1.29, 1.82) is 0 Å². The van der Waals surface area contributed by atoms with Gasteiger partial charge in [0.1, 0.15) is 5.82 Å². The lowest BCUT2D eigenvalue weighted by Crippen LogP contribution is -2.13. The van der Waals surface area contributed by atoms with Crippen molar-refractivity contribution >= 4 is 11.8 Å². The van der Waals surface area contributed by atoms with Crippen LogP contribution < -0.4 is 0 Å². The van der Waals surface area contributed by atoms with E-state index in [1.54, 1.807) is 32.0 Å². The van der Waals surface area contributed by atoms with Crippen molar-refractivity contribution in [3.63, 3.8) is 0 Å². The third kappa shape index (κ3) is 4.64. The number of methoxy groups -OCH3 is 2. The summed E-state index contributed by atoms with van der Waals surface area (Å²) in [5.41, 5.74) is 0. The van der Waals surface area contributed by atoms with Gasteiger partial charge in [0, 0.05) is 31.3 Å². The van der Waals surface area contributed by atoms with Crippen LogP contribution in [0.1, 0.15) is 6.42 Å². The molecule has 0 unspecified atom stereocenters. The average Bonchev–Trinajstić information content (AvgIpc) is 2.25. The standard InChI is InChI=1S/C11H15FO2S/c1-13-11(14-2)6-7-15-10-5-3-4-9(12)8-10/h3-5,8,11H,6-7H2,1-2H3. The minimum atomic E-state index is -0.199. The Balaban J connectivity index is 2.31. The number of hydrogen-bond acceptors (Lipinski definition) is 3. The van der Waals surface area contributed by atoms with Gasteiger partial charge in [0.25, 0.3) is 0 Å². The summed E-state index contributed by atoms with van der Waals surface area (Å²) in [6.07, 6.45) is 0.611. The lowest BCUT2D eigenvalue weighted by atomic mass is 10.4. The molecule has 0 bridgehead atoms. The molecule has 0 atom stereocenters. The second kappa shape index (κ2) is 6.82. The van der Waals surface area contributed by atoms with Crippen LogP contribution in [0.25, 0.3) is 0 Å². The summed E-state index contributed by atoms with van der Waals surface area (Å²) < 4.78 is 22.9. The molecule has 0 spiro atoms. The fourth-order valence-electron chi connectivity index (χ4n) is 1.16. The van der Waals surface area contributed by atoms with Crippen LogP contribution in [0.2, 0.25) is 0 Å². The van der Waals surface area contributed by atoms with E-state index in [2.05, 4.69) is 0 Å². The Labute approximate surface area is 93.8 Å². The zero-order valence-corrected chi connectivity index (χ0v) is 9.72. The molecule has 0 fully saturated rings. The van der Waals surface area contributed by atoms with Gasteiger partial charge in [0.05, 0.1) is 0 Å². The Bertz CT molecular complexity index is 290. The molecule has 1 aromatic carbocycles. The van der Waals surface area contributed by atoms with Crippen molar-refractivity contribution in [2.75, 3.05) is 20.0 Å². The van der Waals surface area contributed by atoms with E-state index >= 15 is 0 Å². The molecule has 2 nitrogen and oxygen atoms in total. The lowest BCUT2D eigenvalue weighted by Gasteiger charge is -2.12. The van der Waals surface area contributed by atoms with Crippen LogP contribution in [-0.4, -0.2) is 26.3 Å². The molecule has 15 heavy (non-hydrogen) atoms. The van der Waals surface area contributed by atoms with Gasteiger partial charge in [-0.05, 0) is 18.2 Å². The number of hydrogen-bond donors (Lipinski definition) is 0. The smallest absolute Gasteiger partial charge is 0.157 e. The number of rotatable bonds is 6. The normalized spacial score (nSPS) is 10.9. The zero-order chi connectivity index (χ0) is 11.1. The Morgan fingerprint density at radius 2 is 2.07 bits per heavy atom. The largest absolute Gasteiger partial charge is 0.356 e. The SMILES string of the molecule is COC(CCSc1cccc(F)c1)OC.